The van der Waals surface area contributed by atoms with Gasteiger partial charge in [0.1, 0.15) is 11.9 Å². The summed E-state index contributed by atoms with van der Waals surface area (Å²) in [6, 6.07) is 5.84. The molecule has 0 N–H and O–H groups in total. The maximum absolute atomic E-state index is 5.70. The van der Waals surface area contributed by atoms with E-state index in [-0.39, 0.29) is 6.10 Å². The third-order valence-corrected chi connectivity index (χ3v) is 2.36. The standard InChI is InChI=1S/C14H17ClO2/c1-11-9-14(17-12(2)10-16-3)7-6-13(11)5-4-8-15/h6-7,9,12H,8,10H2,1-3H3. The highest BCUT2D eigenvalue weighted by atomic mass is 35.5. The minimum atomic E-state index is 0.0409. The van der Waals surface area contributed by atoms with E-state index < -0.39 is 0 Å². The first kappa shape index (κ1) is 13.9. The number of hydrogen-bond acceptors (Lipinski definition) is 2. The van der Waals surface area contributed by atoms with E-state index in [2.05, 4.69) is 11.8 Å². The van der Waals surface area contributed by atoms with Gasteiger partial charge >= 0.3 is 0 Å². The Morgan fingerprint density at radius 3 is 2.76 bits per heavy atom. The van der Waals surface area contributed by atoms with Crippen LogP contribution >= 0.6 is 11.6 Å². The van der Waals surface area contributed by atoms with Crippen molar-refractivity contribution < 1.29 is 9.47 Å². The number of halogens is 1. The van der Waals surface area contributed by atoms with Crippen molar-refractivity contribution in [3.63, 3.8) is 0 Å². The summed E-state index contributed by atoms with van der Waals surface area (Å²) in [5.41, 5.74) is 2.07. The van der Waals surface area contributed by atoms with Crippen molar-refractivity contribution >= 4 is 11.6 Å². The van der Waals surface area contributed by atoms with Gasteiger partial charge in [0.15, 0.2) is 0 Å². The average Bonchev–Trinajstić information content (AvgIpc) is 2.28. The highest BCUT2D eigenvalue weighted by Crippen LogP contribution is 2.17. The van der Waals surface area contributed by atoms with Crippen molar-refractivity contribution in [3.05, 3.63) is 29.3 Å². The molecule has 0 fully saturated rings. The van der Waals surface area contributed by atoms with E-state index >= 15 is 0 Å². The van der Waals surface area contributed by atoms with Crippen LogP contribution in [0, 0.1) is 18.8 Å². The molecule has 1 aromatic rings. The number of aryl methyl sites for hydroxylation is 1. The fourth-order valence-electron chi connectivity index (χ4n) is 1.48. The number of alkyl halides is 1. The van der Waals surface area contributed by atoms with E-state index in [4.69, 9.17) is 21.1 Å². The third-order valence-electron chi connectivity index (χ3n) is 2.23. The Hall–Kier alpha value is -1.17. The monoisotopic (exact) mass is 252 g/mol. The average molecular weight is 253 g/mol. The molecule has 0 aliphatic carbocycles. The fourth-order valence-corrected chi connectivity index (χ4v) is 1.55. The molecule has 0 saturated heterocycles. The van der Waals surface area contributed by atoms with Crippen LogP contribution in [-0.2, 0) is 4.74 Å². The van der Waals surface area contributed by atoms with E-state index in [0.717, 1.165) is 16.9 Å². The van der Waals surface area contributed by atoms with Crippen LogP contribution < -0.4 is 4.74 Å². The van der Waals surface area contributed by atoms with Crippen molar-refractivity contribution in [3.8, 4) is 17.6 Å². The summed E-state index contributed by atoms with van der Waals surface area (Å²) in [7, 11) is 1.66. The number of ether oxygens (including phenoxy) is 2. The van der Waals surface area contributed by atoms with Gasteiger partial charge in [0.25, 0.3) is 0 Å². The molecule has 3 heteroatoms. The van der Waals surface area contributed by atoms with Crippen molar-refractivity contribution in [1.29, 1.82) is 0 Å². The molecule has 1 aromatic carbocycles. The molecule has 0 aliphatic rings. The highest BCUT2D eigenvalue weighted by Gasteiger charge is 2.04. The van der Waals surface area contributed by atoms with Gasteiger partial charge in [-0.25, -0.2) is 0 Å². The second-order valence-corrected chi connectivity index (χ2v) is 4.06. The minimum absolute atomic E-state index is 0.0409. The molecule has 1 unspecified atom stereocenters. The predicted octanol–water partition coefficient (Wildman–Crippen LogP) is 3.00. The SMILES string of the molecule is COCC(C)Oc1ccc(C#CCCl)c(C)c1. The van der Waals surface area contributed by atoms with Gasteiger partial charge in [0.05, 0.1) is 12.5 Å². The molecule has 0 bridgehead atoms. The summed E-state index contributed by atoms with van der Waals surface area (Å²) in [5, 5.41) is 0. The molecule has 2 nitrogen and oxygen atoms in total. The largest absolute Gasteiger partial charge is 0.488 e. The van der Waals surface area contributed by atoms with Crippen LogP contribution in [0.2, 0.25) is 0 Å². The van der Waals surface area contributed by atoms with Crippen LogP contribution in [0.25, 0.3) is 0 Å². The van der Waals surface area contributed by atoms with E-state index in [1.165, 1.54) is 0 Å². The lowest BCUT2D eigenvalue weighted by Gasteiger charge is -2.14. The molecular weight excluding hydrogens is 236 g/mol. The van der Waals surface area contributed by atoms with Crippen LogP contribution in [0.3, 0.4) is 0 Å². The Labute approximate surface area is 108 Å². The van der Waals surface area contributed by atoms with Gasteiger partial charge in [-0.3, -0.25) is 0 Å². The zero-order chi connectivity index (χ0) is 12.7. The maximum Gasteiger partial charge on any atom is 0.120 e. The number of methoxy groups -OCH3 is 1. The lowest BCUT2D eigenvalue weighted by atomic mass is 10.1. The van der Waals surface area contributed by atoms with Crippen LogP contribution in [0.15, 0.2) is 18.2 Å². The van der Waals surface area contributed by atoms with Crippen LogP contribution in [0.1, 0.15) is 18.1 Å². The van der Waals surface area contributed by atoms with Gasteiger partial charge in [0, 0.05) is 12.7 Å². The number of rotatable bonds is 4. The summed E-state index contributed by atoms with van der Waals surface area (Å²) in [6.45, 7) is 4.55. The van der Waals surface area contributed by atoms with Gasteiger partial charge in [-0.15, -0.1) is 11.6 Å². The molecule has 0 amide bonds. The lowest BCUT2D eigenvalue weighted by molar-refractivity contribution is 0.0920. The quantitative estimate of drug-likeness (QED) is 0.606. The summed E-state index contributed by atoms with van der Waals surface area (Å²) in [4.78, 5) is 0. The molecule has 0 aliphatic heterocycles. The smallest absolute Gasteiger partial charge is 0.120 e. The van der Waals surface area contributed by atoms with Gasteiger partial charge in [-0.2, -0.15) is 0 Å². The highest BCUT2D eigenvalue weighted by molar-refractivity contribution is 6.19. The Bertz CT molecular complexity index is 418. The Morgan fingerprint density at radius 2 is 2.18 bits per heavy atom. The van der Waals surface area contributed by atoms with Crippen molar-refractivity contribution in [2.45, 2.75) is 20.0 Å². The zero-order valence-corrected chi connectivity index (χ0v) is 11.2. The third kappa shape index (κ3) is 4.68. The van der Waals surface area contributed by atoms with Crippen molar-refractivity contribution in [1.82, 2.24) is 0 Å². The molecule has 0 aromatic heterocycles. The van der Waals surface area contributed by atoms with E-state index in [9.17, 15) is 0 Å². The number of hydrogen-bond donors (Lipinski definition) is 0. The van der Waals surface area contributed by atoms with Crippen LogP contribution in [0.4, 0.5) is 0 Å². The molecule has 0 radical (unpaired) electrons. The second-order valence-electron chi connectivity index (χ2n) is 3.80. The van der Waals surface area contributed by atoms with Crippen molar-refractivity contribution in [2.75, 3.05) is 19.6 Å². The van der Waals surface area contributed by atoms with Gasteiger partial charge in [-0.1, -0.05) is 11.8 Å². The van der Waals surface area contributed by atoms with Crippen LogP contribution in [0.5, 0.6) is 5.75 Å². The molecule has 17 heavy (non-hydrogen) atoms. The zero-order valence-electron chi connectivity index (χ0n) is 10.4. The first-order valence-corrected chi connectivity index (χ1v) is 6.02. The van der Waals surface area contributed by atoms with Gasteiger partial charge in [-0.05, 0) is 37.6 Å². The summed E-state index contributed by atoms with van der Waals surface area (Å²) >= 11 is 5.53. The van der Waals surface area contributed by atoms with E-state index in [1.54, 1.807) is 7.11 Å². The second kappa shape index (κ2) is 7.21. The van der Waals surface area contributed by atoms with Crippen molar-refractivity contribution in [2.24, 2.45) is 0 Å². The summed E-state index contributed by atoms with van der Waals surface area (Å²) < 4.78 is 10.7. The summed E-state index contributed by atoms with van der Waals surface area (Å²) in [5.74, 6) is 7.03. The van der Waals surface area contributed by atoms with Crippen LogP contribution in [-0.4, -0.2) is 25.7 Å². The molecule has 0 saturated carbocycles. The Morgan fingerprint density at radius 1 is 1.41 bits per heavy atom. The maximum atomic E-state index is 5.70. The van der Waals surface area contributed by atoms with Gasteiger partial charge < -0.3 is 9.47 Å². The molecule has 0 spiro atoms. The molecule has 1 atom stereocenters. The first-order valence-electron chi connectivity index (χ1n) is 5.48. The molecule has 0 heterocycles. The molecule has 1 rings (SSSR count). The predicted molar refractivity (Wildman–Crippen MR) is 70.7 cm³/mol. The first-order chi connectivity index (χ1) is 8.17. The minimum Gasteiger partial charge on any atom is -0.488 e. The van der Waals surface area contributed by atoms with E-state index in [1.807, 2.05) is 32.0 Å². The Kier molecular flexibility index (Phi) is 5.90. The summed E-state index contributed by atoms with van der Waals surface area (Å²) in [6.07, 6.45) is 0.0409. The topological polar surface area (TPSA) is 18.5 Å². The molecule has 92 valence electrons. The lowest BCUT2D eigenvalue weighted by Crippen LogP contribution is -2.17. The fraction of sp³-hybridized carbons (Fsp3) is 0.429. The van der Waals surface area contributed by atoms with E-state index in [0.29, 0.717) is 12.5 Å². The Balaban J connectivity index is 2.75. The normalized spacial score (nSPS) is 11.5. The number of benzene rings is 1. The molecular formula is C14H17ClO2. The van der Waals surface area contributed by atoms with Gasteiger partial charge in [0.2, 0.25) is 0 Å².